The molecule has 2 atom stereocenters. The summed E-state index contributed by atoms with van der Waals surface area (Å²) in [6.45, 7) is 11.3. The van der Waals surface area contributed by atoms with Gasteiger partial charge in [0.15, 0.2) is 6.10 Å². The Kier molecular flexibility index (Phi) is 41.8. The molecule has 0 radical (unpaired) electrons. The number of esters is 3. The second-order valence-corrected chi connectivity index (χ2v) is 17.8. The van der Waals surface area contributed by atoms with Crippen molar-refractivity contribution in [1.29, 1.82) is 0 Å². The summed E-state index contributed by atoms with van der Waals surface area (Å²) in [5, 5.41) is 0. The maximum Gasteiger partial charge on any atom is 0.306 e. The Balaban J connectivity index is 4.31. The van der Waals surface area contributed by atoms with E-state index in [0.717, 1.165) is 69.6 Å². The van der Waals surface area contributed by atoms with E-state index in [0.29, 0.717) is 19.3 Å². The fraction of sp³-hybridized carbons (Fsp3) is 0.940. The first-order chi connectivity index (χ1) is 27.3. The second-order valence-electron chi connectivity index (χ2n) is 17.8. The van der Waals surface area contributed by atoms with Crippen LogP contribution in [0.3, 0.4) is 0 Å². The van der Waals surface area contributed by atoms with Crippen LogP contribution in [0.1, 0.15) is 272 Å². The van der Waals surface area contributed by atoms with Crippen LogP contribution >= 0.6 is 0 Å². The molecule has 0 aliphatic rings. The number of ether oxygens (including phenoxy) is 3. The van der Waals surface area contributed by atoms with E-state index in [9.17, 15) is 14.4 Å². The van der Waals surface area contributed by atoms with Crippen LogP contribution in [0.15, 0.2) is 0 Å². The van der Waals surface area contributed by atoms with E-state index in [1.54, 1.807) is 0 Å². The van der Waals surface area contributed by atoms with Crippen LogP contribution in [-0.4, -0.2) is 37.2 Å². The number of carbonyl (C=O) groups is 3. The summed E-state index contributed by atoms with van der Waals surface area (Å²) < 4.78 is 16.8. The molecule has 0 saturated carbocycles. The van der Waals surface area contributed by atoms with Gasteiger partial charge in [-0.15, -0.1) is 0 Å². The van der Waals surface area contributed by atoms with Crippen LogP contribution in [0.4, 0.5) is 0 Å². The van der Waals surface area contributed by atoms with Crippen LogP contribution < -0.4 is 0 Å². The van der Waals surface area contributed by atoms with Crippen LogP contribution in [0.5, 0.6) is 0 Å². The van der Waals surface area contributed by atoms with Gasteiger partial charge in [0.2, 0.25) is 0 Å². The van der Waals surface area contributed by atoms with Crippen molar-refractivity contribution in [3.8, 4) is 0 Å². The maximum atomic E-state index is 12.8. The molecule has 0 N–H and O–H groups in total. The molecule has 332 valence electrons. The van der Waals surface area contributed by atoms with Gasteiger partial charge in [-0.25, -0.2) is 0 Å². The van der Waals surface area contributed by atoms with E-state index in [4.69, 9.17) is 14.2 Å². The Morgan fingerprint density at radius 3 is 1.02 bits per heavy atom. The van der Waals surface area contributed by atoms with E-state index in [2.05, 4.69) is 34.6 Å². The van der Waals surface area contributed by atoms with E-state index >= 15 is 0 Å². The van der Waals surface area contributed by atoms with Gasteiger partial charge >= 0.3 is 17.9 Å². The Morgan fingerprint density at radius 1 is 0.375 bits per heavy atom. The van der Waals surface area contributed by atoms with Crippen molar-refractivity contribution >= 4 is 17.9 Å². The summed E-state index contributed by atoms with van der Waals surface area (Å²) >= 11 is 0. The van der Waals surface area contributed by atoms with Crippen molar-refractivity contribution in [1.82, 2.24) is 0 Å². The highest BCUT2D eigenvalue weighted by Crippen LogP contribution is 2.17. The van der Waals surface area contributed by atoms with Gasteiger partial charge in [-0.05, 0) is 31.1 Å². The maximum absolute atomic E-state index is 12.8. The van der Waals surface area contributed by atoms with Crippen molar-refractivity contribution in [3.05, 3.63) is 0 Å². The standard InChI is InChI=1S/C50H96O6/c1-6-8-9-10-11-12-13-18-21-24-30-35-40-48(51)54-43-47(44-55-49(52)41-36-31-27-26-29-34-39-46(5)7-2)56-50(53)42-37-32-25-22-19-16-14-15-17-20-23-28-33-38-45(3)4/h45-47H,6-44H2,1-5H3/t46?,47-/m0/s1. The van der Waals surface area contributed by atoms with E-state index in [1.807, 2.05) is 0 Å². The quantitative estimate of drug-likeness (QED) is 0.0347. The van der Waals surface area contributed by atoms with Crippen molar-refractivity contribution in [3.63, 3.8) is 0 Å². The molecule has 0 bridgehead atoms. The van der Waals surface area contributed by atoms with Gasteiger partial charge in [-0.1, -0.05) is 234 Å². The SMILES string of the molecule is CCCCCCCCCCCCCCC(=O)OC[C@@H](COC(=O)CCCCCCCCC(C)CC)OC(=O)CCCCCCCCCCCCCCCC(C)C. The van der Waals surface area contributed by atoms with E-state index in [-0.39, 0.29) is 31.1 Å². The van der Waals surface area contributed by atoms with Crippen molar-refractivity contribution in [2.24, 2.45) is 11.8 Å². The van der Waals surface area contributed by atoms with Crippen molar-refractivity contribution < 1.29 is 28.6 Å². The van der Waals surface area contributed by atoms with Crippen LogP contribution in [0, 0.1) is 11.8 Å². The van der Waals surface area contributed by atoms with Gasteiger partial charge in [0.25, 0.3) is 0 Å². The summed E-state index contributed by atoms with van der Waals surface area (Å²) in [5.41, 5.74) is 0. The average Bonchev–Trinajstić information content (AvgIpc) is 3.18. The van der Waals surface area contributed by atoms with Crippen LogP contribution in [0.2, 0.25) is 0 Å². The lowest BCUT2D eigenvalue weighted by molar-refractivity contribution is -0.167. The molecule has 0 spiro atoms. The third-order valence-electron chi connectivity index (χ3n) is 11.6. The number of unbranched alkanes of at least 4 members (excludes halogenated alkanes) is 28. The normalized spacial score (nSPS) is 12.5. The Hall–Kier alpha value is -1.59. The first-order valence-corrected chi connectivity index (χ1v) is 24.8. The van der Waals surface area contributed by atoms with Gasteiger partial charge in [0.1, 0.15) is 13.2 Å². The third-order valence-corrected chi connectivity index (χ3v) is 11.6. The minimum atomic E-state index is -0.761. The Bertz CT molecular complexity index is 856. The van der Waals surface area contributed by atoms with Gasteiger partial charge in [-0.3, -0.25) is 14.4 Å². The first kappa shape index (κ1) is 54.4. The molecule has 56 heavy (non-hydrogen) atoms. The van der Waals surface area contributed by atoms with Gasteiger partial charge in [0.05, 0.1) is 0 Å². The first-order valence-electron chi connectivity index (χ1n) is 24.8. The highest BCUT2D eigenvalue weighted by atomic mass is 16.6. The summed E-state index contributed by atoms with van der Waals surface area (Å²) in [6, 6.07) is 0. The third kappa shape index (κ3) is 42.0. The Morgan fingerprint density at radius 2 is 0.679 bits per heavy atom. The fourth-order valence-corrected chi connectivity index (χ4v) is 7.43. The van der Waals surface area contributed by atoms with Crippen molar-refractivity contribution in [2.75, 3.05) is 13.2 Å². The molecule has 0 aromatic heterocycles. The highest BCUT2D eigenvalue weighted by Gasteiger charge is 2.19. The highest BCUT2D eigenvalue weighted by molar-refractivity contribution is 5.71. The zero-order valence-corrected chi connectivity index (χ0v) is 38.3. The number of carbonyl (C=O) groups excluding carboxylic acids is 3. The monoisotopic (exact) mass is 793 g/mol. The lowest BCUT2D eigenvalue weighted by atomic mass is 10.00. The largest absolute Gasteiger partial charge is 0.462 e. The Labute approximate surface area is 348 Å². The molecule has 0 aliphatic heterocycles. The fourth-order valence-electron chi connectivity index (χ4n) is 7.43. The van der Waals surface area contributed by atoms with Crippen molar-refractivity contribution in [2.45, 2.75) is 278 Å². The summed E-state index contributed by atoms with van der Waals surface area (Å²) in [6.07, 6.45) is 42.3. The molecular formula is C50H96O6. The summed E-state index contributed by atoms with van der Waals surface area (Å²) in [7, 11) is 0. The summed E-state index contributed by atoms with van der Waals surface area (Å²) in [5.74, 6) is 0.798. The molecule has 0 fully saturated rings. The lowest BCUT2D eigenvalue weighted by Crippen LogP contribution is -2.30. The van der Waals surface area contributed by atoms with Gasteiger partial charge < -0.3 is 14.2 Å². The van der Waals surface area contributed by atoms with E-state index < -0.39 is 6.10 Å². The molecule has 0 aromatic rings. The zero-order chi connectivity index (χ0) is 41.2. The number of hydrogen-bond acceptors (Lipinski definition) is 6. The summed E-state index contributed by atoms with van der Waals surface area (Å²) in [4.78, 5) is 37.8. The van der Waals surface area contributed by atoms with Crippen LogP contribution in [-0.2, 0) is 28.6 Å². The topological polar surface area (TPSA) is 78.9 Å². The zero-order valence-electron chi connectivity index (χ0n) is 38.3. The second kappa shape index (κ2) is 43.0. The number of hydrogen-bond donors (Lipinski definition) is 0. The average molecular weight is 793 g/mol. The predicted octanol–water partition coefficient (Wildman–Crippen LogP) is 15.8. The molecule has 0 aliphatic carbocycles. The van der Waals surface area contributed by atoms with Gasteiger partial charge in [-0.2, -0.15) is 0 Å². The smallest absolute Gasteiger partial charge is 0.306 e. The lowest BCUT2D eigenvalue weighted by Gasteiger charge is -2.18. The molecular weight excluding hydrogens is 697 g/mol. The molecule has 6 nitrogen and oxygen atoms in total. The van der Waals surface area contributed by atoms with E-state index in [1.165, 1.54) is 161 Å². The molecule has 6 heteroatoms. The molecule has 0 aromatic carbocycles. The molecule has 0 heterocycles. The number of rotatable bonds is 44. The molecule has 0 amide bonds. The van der Waals surface area contributed by atoms with Crippen LogP contribution in [0.25, 0.3) is 0 Å². The molecule has 0 rings (SSSR count). The minimum absolute atomic E-state index is 0.0646. The van der Waals surface area contributed by atoms with Gasteiger partial charge in [0, 0.05) is 19.3 Å². The molecule has 1 unspecified atom stereocenters. The predicted molar refractivity (Wildman–Crippen MR) is 238 cm³/mol. The minimum Gasteiger partial charge on any atom is -0.462 e. The molecule has 0 saturated heterocycles.